The van der Waals surface area contributed by atoms with Crippen LogP contribution >= 0.6 is 0 Å². The van der Waals surface area contributed by atoms with Crippen molar-refractivity contribution < 1.29 is 0 Å². The molecule has 10 aromatic rings. The molecule has 0 radical (unpaired) electrons. The van der Waals surface area contributed by atoms with Gasteiger partial charge in [0.25, 0.3) is 0 Å². The highest BCUT2D eigenvalue weighted by Gasteiger charge is 2.36. The molecule has 0 saturated heterocycles. The molecule has 0 bridgehead atoms. The van der Waals surface area contributed by atoms with Gasteiger partial charge in [-0.25, -0.2) is 15.0 Å². The highest BCUT2D eigenvalue weighted by atomic mass is 14.9. The van der Waals surface area contributed by atoms with Crippen LogP contribution in [-0.4, -0.2) is 15.0 Å². The number of fused-ring (bicyclic) bond motifs is 5. The Kier molecular flexibility index (Phi) is 8.16. The van der Waals surface area contributed by atoms with E-state index in [1.807, 2.05) is 12.1 Å². The molecule has 2 aromatic heterocycles. The predicted molar refractivity (Wildman–Crippen MR) is 245 cm³/mol. The van der Waals surface area contributed by atoms with Crippen LogP contribution in [0.4, 0.5) is 0 Å². The summed E-state index contributed by atoms with van der Waals surface area (Å²) in [7, 11) is 0. The van der Waals surface area contributed by atoms with Crippen molar-refractivity contribution in [3.63, 3.8) is 0 Å². The van der Waals surface area contributed by atoms with Gasteiger partial charge in [0.1, 0.15) is 0 Å². The Morgan fingerprint density at radius 2 is 0.881 bits per heavy atom. The van der Waals surface area contributed by atoms with Crippen molar-refractivity contribution in [1.82, 2.24) is 15.0 Å². The third-order valence-electron chi connectivity index (χ3n) is 12.1. The molecule has 59 heavy (non-hydrogen) atoms. The van der Waals surface area contributed by atoms with Crippen molar-refractivity contribution in [3.8, 4) is 78.5 Å². The number of aromatic nitrogens is 3. The summed E-state index contributed by atoms with van der Waals surface area (Å²) in [6, 6.07) is 71.3. The monoisotopic (exact) mass is 753 g/mol. The standard InChI is InChI=1S/C56H39N3/c1-56(2)49-29-17-16-27-43(49)47-32-48-46(33-53(57-54(48)34-50(47)56)44-28-15-14-25-41(44)36-18-6-3-7-19-36)45-31-40(30-39-24-12-13-26-42(39)45)55-58-51(37-20-8-4-9-21-37)35-52(59-55)38-22-10-5-11-23-38/h3-35H,1-2H3. The smallest absolute Gasteiger partial charge is 0.160 e. The van der Waals surface area contributed by atoms with Gasteiger partial charge in [-0.1, -0.05) is 178 Å². The van der Waals surface area contributed by atoms with E-state index in [0.717, 1.165) is 83.3 Å². The van der Waals surface area contributed by atoms with Gasteiger partial charge in [-0.3, -0.25) is 0 Å². The third-order valence-corrected chi connectivity index (χ3v) is 12.1. The maximum Gasteiger partial charge on any atom is 0.160 e. The minimum Gasteiger partial charge on any atom is -0.248 e. The van der Waals surface area contributed by atoms with Crippen LogP contribution in [0.5, 0.6) is 0 Å². The Labute approximate surface area is 344 Å². The van der Waals surface area contributed by atoms with Crippen LogP contribution in [0, 0.1) is 0 Å². The molecule has 8 aromatic carbocycles. The molecule has 0 spiro atoms. The van der Waals surface area contributed by atoms with E-state index in [9.17, 15) is 0 Å². The molecular formula is C56H39N3. The summed E-state index contributed by atoms with van der Waals surface area (Å²) >= 11 is 0. The molecule has 0 fully saturated rings. The van der Waals surface area contributed by atoms with Gasteiger partial charge in [-0.05, 0) is 91.7 Å². The number of nitrogens with zero attached hydrogens (tertiary/aromatic N) is 3. The Morgan fingerprint density at radius 3 is 1.58 bits per heavy atom. The molecule has 0 unspecified atom stereocenters. The first-order chi connectivity index (χ1) is 29.0. The maximum absolute atomic E-state index is 5.55. The van der Waals surface area contributed by atoms with Crippen LogP contribution in [0.3, 0.4) is 0 Å². The second-order valence-electron chi connectivity index (χ2n) is 16.0. The van der Waals surface area contributed by atoms with Gasteiger partial charge in [0.05, 0.1) is 22.6 Å². The molecule has 0 amide bonds. The van der Waals surface area contributed by atoms with Crippen molar-refractivity contribution in [1.29, 1.82) is 0 Å². The van der Waals surface area contributed by atoms with Crippen LogP contribution < -0.4 is 0 Å². The summed E-state index contributed by atoms with van der Waals surface area (Å²) in [6.07, 6.45) is 0. The molecular weight excluding hydrogens is 715 g/mol. The number of hydrogen-bond acceptors (Lipinski definition) is 3. The zero-order valence-electron chi connectivity index (χ0n) is 32.9. The summed E-state index contributed by atoms with van der Waals surface area (Å²) in [5.41, 5.74) is 17.4. The van der Waals surface area contributed by atoms with E-state index < -0.39 is 0 Å². The fourth-order valence-corrected chi connectivity index (χ4v) is 9.11. The second-order valence-corrected chi connectivity index (χ2v) is 16.0. The molecule has 11 rings (SSSR count). The Balaban J connectivity index is 1.21. The van der Waals surface area contributed by atoms with E-state index in [-0.39, 0.29) is 5.41 Å². The first-order valence-corrected chi connectivity index (χ1v) is 20.3. The number of benzene rings is 8. The molecule has 0 aliphatic heterocycles. The lowest BCUT2D eigenvalue weighted by atomic mass is 9.82. The van der Waals surface area contributed by atoms with E-state index in [1.54, 1.807) is 0 Å². The summed E-state index contributed by atoms with van der Waals surface area (Å²) in [6.45, 7) is 4.67. The molecule has 3 nitrogen and oxygen atoms in total. The predicted octanol–water partition coefficient (Wildman–Crippen LogP) is 14.5. The molecule has 0 atom stereocenters. The lowest BCUT2D eigenvalue weighted by Gasteiger charge is -2.22. The summed E-state index contributed by atoms with van der Waals surface area (Å²) < 4.78 is 0. The average molecular weight is 754 g/mol. The molecule has 278 valence electrons. The lowest BCUT2D eigenvalue weighted by molar-refractivity contribution is 0.661. The van der Waals surface area contributed by atoms with Crippen molar-refractivity contribution in [3.05, 3.63) is 211 Å². The van der Waals surface area contributed by atoms with E-state index in [1.165, 1.54) is 22.3 Å². The first kappa shape index (κ1) is 34.7. The second kappa shape index (κ2) is 13.9. The van der Waals surface area contributed by atoms with Crippen molar-refractivity contribution >= 4 is 21.7 Å². The van der Waals surface area contributed by atoms with E-state index >= 15 is 0 Å². The average Bonchev–Trinajstić information content (AvgIpc) is 3.53. The van der Waals surface area contributed by atoms with Crippen LogP contribution in [0.2, 0.25) is 0 Å². The van der Waals surface area contributed by atoms with Crippen LogP contribution in [-0.2, 0) is 5.41 Å². The Morgan fingerprint density at radius 1 is 0.322 bits per heavy atom. The van der Waals surface area contributed by atoms with Gasteiger partial charge < -0.3 is 0 Å². The minimum atomic E-state index is -0.163. The molecule has 0 saturated carbocycles. The van der Waals surface area contributed by atoms with E-state index in [4.69, 9.17) is 15.0 Å². The highest BCUT2D eigenvalue weighted by molar-refractivity contribution is 6.09. The third kappa shape index (κ3) is 5.94. The minimum absolute atomic E-state index is 0.163. The van der Waals surface area contributed by atoms with E-state index in [0.29, 0.717) is 5.82 Å². The van der Waals surface area contributed by atoms with E-state index in [2.05, 4.69) is 202 Å². The van der Waals surface area contributed by atoms with Crippen LogP contribution in [0.1, 0.15) is 25.0 Å². The topological polar surface area (TPSA) is 38.7 Å². The number of rotatable bonds is 6. The molecule has 2 heterocycles. The molecule has 0 N–H and O–H groups in total. The Bertz CT molecular complexity index is 3170. The fourth-order valence-electron chi connectivity index (χ4n) is 9.11. The largest absolute Gasteiger partial charge is 0.248 e. The quantitative estimate of drug-likeness (QED) is 0.170. The summed E-state index contributed by atoms with van der Waals surface area (Å²) in [5.74, 6) is 0.682. The van der Waals surface area contributed by atoms with Crippen molar-refractivity contribution in [2.24, 2.45) is 0 Å². The normalized spacial score (nSPS) is 12.7. The van der Waals surface area contributed by atoms with Crippen LogP contribution in [0.25, 0.3) is 100 Å². The van der Waals surface area contributed by atoms with Gasteiger partial charge in [0.15, 0.2) is 5.82 Å². The van der Waals surface area contributed by atoms with Gasteiger partial charge >= 0.3 is 0 Å². The van der Waals surface area contributed by atoms with Gasteiger partial charge in [-0.2, -0.15) is 0 Å². The van der Waals surface area contributed by atoms with Crippen LogP contribution in [0.15, 0.2) is 200 Å². The number of pyridine rings is 1. The SMILES string of the molecule is CC1(C)c2ccccc2-c2cc3c(-c4cc(-c5nc(-c6ccccc6)cc(-c6ccccc6)n5)cc5ccccc45)cc(-c4ccccc4-c4ccccc4)nc3cc21. The molecule has 1 aliphatic carbocycles. The summed E-state index contributed by atoms with van der Waals surface area (Å²) in [5, 5.41) is 3.40. The zero-order chi connectivity index (χ0) is 39.5. The zero-order valence-corrected chi connectivity index (χ0v) is 32.9. The maximum atomic E-state index is 5.55. The van der Waals surface area contributed by atoms with Gasteiger partial charge in [0.2, 0.25) is 0 Å². The van der Waals surface area contributed by atoms with Crippen molar-refractivity contribution in [2.75, 3.05) is 0 Å². The van der Waals surface area contributed by atoms with Gasteiger partial charge in [0, 0.05) is 33.1 Å². The van der Waals surface area contributed by atoms with Crippen molar-refractivity contribution in [2.45, 2.75) is 19.3 Å². The number of hydrogen-bond donors (Lipinski definition) is 0. The Hall–Kier alpha value is -7.49. The highest BCUT2D eigenvalue weighted by Crippen LogP contribution is 2.51. The molecule has 1 aliphatic rings. The first-order valence-electron chi connectivity index (χ1n) is 20.3. The molecule has 3 heteroatoms. The summed E-state index contributed by atoms with van der Waals surface area (Å²) in [4.78, 5) is 16.1. The lowest BCUT2D eigenvalue weighted by Crippen LogP contribution is -2.14. The van der Waals surface area contributed by atoms with Gasteiger partial charge in [-0.15, -0.1) is 0 Å². The fraction of sp³-hybridized carbons (Fsp3) is 0.0536.